The fraction of sp³-hybridized carbons (Fsp3) is 0.211. The van der Waals surface area contributed by atoms with Gasteiger partial charge in [-0.25, -0.2) is 0 Å². The number of hydrogen-bond donors (Lipinski definition) is 1. The molecule has 0 unspecified atom stereocenters. The molecule has 1 N–H and O–H groups in total. The standard InChI is InChI=1S/C19H19NO2/c1-13(2)14-8-9-18-17(10-14)15(12-22-18)11-19(21)20-16-6-4-3-5-7-16/h3-10,12-13H,11H2,1-2H3,(H,20,21). The van der Waals surface area contributed by atoms with Crippen molar-refractivity contribution in [3.63, 3.8) is 0 Å². The first-order chi connectivity index (χ1) is 10.6. The zero-order chi connectivity index (χ0) is 15.5. The molecule has 0 radical (unpaired) electrons. The summed E-state index contributed by atoms with van der Waals surface area (Å²) in [5.74, 6) is 0.411. The van der Waals surface area contributed by atoms with Crippen molar-refractivity contribution in [1.82, 2.24) is 0 Å². The van der Waals surface area contributed by atoms with E-state index in [1.165, 1.54) is 5.56 Å². The summed E-state index contributed by atoms with van der Waals surface area (Å²) in [6.07, 6.45) is 1.99. The molecular weight excluding hydrogens is 274 g/mol. The second-order valence-corrected chi connectivity index (χ2v) is 5.76. The van der Waals surface area contributed by atoms with E-state index in [1.807, 2.05) is 36.4 Å². The van der Waals surface area contributed by atoms with Crippen LogP contribution in [-0.2, 0) is 11.2 Å². The minimum absolute atomic E-state index is 0.0381. The molecule has 0 spiro atoms. The van der Waals surface area contributed by atoms with Crippen LogP contribution in [0.4, 0.5) is 5.69 Å². The van der Waals surface area contributed by atoms with Crippen LogP contribution in [0.25, 0.3) is 11.0 Å². The van der Waals surface area contributed by atoms with Crippen molar-refractivity contribution in [2.24, 2.45) is 0 Å². The summed E-state index contributed by atoms with van der Waals surface area (Å²) in [5, 5.41) is 3.92. The predicted molar refractivity (Wildman–Crippen MR) is 89.1 cm³/mol. The molecule has 0 aliphatic heterocycles. The summed E-state index contributed by atoms with van der Waals surface area (Å²) >= 11 is 0. The molecule has 0 atom stereocenters. The Morgan fingerprint density at radius 3 is 2.64 bits per heavy atom. The van der Waals surface area contributed by atoms with Gasteiger partial charge in [0.1, 0.15) is 5.58 Å². The number of nitrogens with one attached hydrogen (secondary N) is 1. The highest BCUT2D eigenvalue weighted by Gasteiger charge is 2.12. The van der Waals surface area contributed by atoms with Gasteiger partial charge in [0.25, 0.3) is 0 Å². The lowest BCUT2D eigenvalue weighted by Gasteiger charge is -2.06. The third-order valence-electron chi connectivity index (χ3n) is 3.75. The Kier molecular flexibility index (Phi) is 3.96. The minimum atomic E-state index is -0.0381. The highest BCUT2D eigenvalue weighted by Crippen LogP contribution is 2.26. The largest absolute Gasteiger partial charge is 0.464 e. The van der Waals surface area contributed by atoms with Gasteiger partial charge in [0, 0.05) is 16.6 Å². The molecule has 0 aliphatic carbocycles. The molecule has 3 heteroatoms. The van der Waals surface area contributed by atoms with Crippen LogP contribution in [0.15, 0.2) is 59.2 Å². The SMILES string of the molecule is CC(C)c1ccc2occ(CC(=O)Nc3ccccc3)c2c1. The summed E-state index contributed by atoms with van der Waals surface area (Å²) in [6, 6.07) is 15.6. The highest BCUT2D eigenvalue weighted by molar-refractivity contribution is 5.95. The van der Waals surface area contributed by atoms with E-state index in [0.717, 1.165) is 22.2 Å². The molecule has 3 aromatic rings. The number of fused-ring (bicyclic) bond motifs is 1. The number of para-hydroxylation sites is 1. The van der Waals surface area contributed by atoms with Crippen LogP contribution in [0.5, 0.6) is 0 Å². The van der Waals surface area contributed by atoms with Crippen LogP contribution in [-0.4, -0.2) is 5.91 Å². The topological polar surface area (TPSA) is 42.2 Å². The number of rotatable bonds is 4. The third kappa shape index (κ3) is 3.03. The van der Waals surface area contributed by atoms with Crippen molar-refractivity contribution in [3.8, 4) is 0 Å². The average Bonchev–Trinajstić information content (AvgIpc) is 2.90. The summed E-state index contributed by atoms with van der Waals surface area (Å²) < 4.78 is 5.55. The molecule has 0 saturated heterocycles. The molecule has 3 nitrogen and oxygen atoms in total. The Hall–Kier alpha value is -2.55. The zero-order valence-electron chi connectivity index (χ0n) is 12.8. The molecule has 0 aliphatic rings. The molecule has 0 bridgehead atoms. The van der Waals surface area contributed by atoms with Gasteiger partial charge in [-0.15, -0.1) is 0 Å². The number of amides is 1. The van der Waals surface area contributed by atoms with Crippen molar-refractivity contribution < 1.29 is 9.21 Å². The van der Waals surface area contributed by atoms with Gasteiger partial charge >= 0.3 is 0 Å². The van der Waals surface area contributed by atoms with Crippen LogP contribution < -0.4 is 5.32 Å². The van der Waals surface area contributed by atoms with E-state index in [2.05, 4.69) is 31.3 Å². The van der Waals surface area contributed by atoms with Gasteiger partial charge in [-0.3, -0.25) is 4.79 Å². The third-order valence-corrected chi connectivity index (χ3v) is 3.75. The molecule has 3 rings (SSSR count). The van der Waals surface area contributed by atoms with Crippen LogP contribution in [0, 0.1) is 0 Å². The van der Waals surface area contributed by atoms with Crippen LogP contribution >= 0.6 is 0 Å². The van der Waals surface area contributed by atoms with Gasteiger partial charge in [0.15, 0.2) is 0 Å². The summed E-state index contributed by atoms with van der Waals surface area (Å²) in [7, 11) is 0. The number of anilines is 1. The molecular formula is C19H19NO2. The van der Waals surface area contributed by atoms with E-state index in [9.17, 15) is 4.79 Å². The lowest BCUT2D eigenvalue weighted by Crippen LogP contribution is -2.14. The molecule has 112 valence electrons. The Labute approximate surface area is 130 Å². The quantitative estimate of drug-likeness (QED) is 0.755. The molecule has 0 saturated carbocycles. The normalized spacial score (nSPS) is 11.0. The van der Waals surface area contributed by atoms with E-state index in [0.29, 0.717) is 12.3 Å². The summed E-state index contributed by atoms with van der Waals surface area (Å²) in [4.78, 5) is 12.2. The Bertz CT molecular complexity index is 788. The molecule has 22 heavy (non-hydrogen) atoms. The number of carbonyl (C=O) groups excluding carboxylic acids is 1. The number of hydrogen-bond acceptors (Lipinski definition) is 2. The van der Waals surface area contributed by atoms with E-state index in [-0.39, 0.29) is 5.91 Å². The fourth-order valence-corrected chi connectivity index (χ4v) is 2.50. The maximum atomic E-state index is 12.2. The number of benzene rings is 2. The van der Waals surface area contributed by atoms with E-state index < -0.39 is 0 Å². The first-order valence-corrected chi connectivity index (χ1v) is 7.48. The molecule has 0 fully saturated rings. The minimum Gasteiger partial charge on any atom is -0.464 e. The van der Waals surface area contributed by atoms with Gasteiger partial charge in [0.05, 0.1) is 12.7 Å². The van der Waals surface area contributed by atoms with Gasteiger partial charge in [0.2, 0.25) is 5.91 Å². The Balaban J connectivity index is 1.81. The average molecular weight is 293 g/mol. The van der Waals surface area contributed by atoms with Crippen molar-refractivity contribution in [1.29, 1.82) is 0 Å². The molecule has 1 aromatic heterocycles. The van der Waals surface area contributed by atoms with Crippen LogP contribution in [0.1, 0.15) is 30.9 Å². The van der Waals surface area contributed by atoms with Crippen molar-refractivity contribution in [2.45, 2.75) is 26.2 Å². The number of furan rings is 1. The number of carbonyl (C=O) groups is 1. The maximum Gasteiger partial charge on any atom is 0.228 e. The molecule has 1 amide bonds. The first kappa shape index (κ1) is 14.4. The van der Waals surface area contributed by atoms with Crippen molar-refractivity contribution in [2.75, 3.05) is 5.32 Å². The van der Waals surface area contributed by atoms with Gasteiger partial charge in [-0.1, -0.05) is 38.1 Å². The lowest BCUT2D eigenvalue weighted by atomic mass is 10.00. The fourth-order valence-electron chi connectivity index (χ4n) is 2.50. The Morgan fingerprint density at radius 1 is 1.14 bits per heavy atom. The van der Waals surface area contributed by atoms with Crippen LogP contribution in [0.3, 0.4) is 0 Å². The maximum absolute atomic E-state index is 12.2. The van der Waals surface area contributed by atoms with Gasteiger partial charge in [-0.2, -0.15) is 0 Å². The zero-order valence-corrected chi connectivity index (χ0v) is 12.8. The lowest BCUT2D eigenvalue weighted by molar-refractivity contribution is -0.115. The van der Waals surface area contributed by atoms with Crippen LogP contribution in [0.2, 0.25) is 0 Å². The van der Waals surface area contributed by atoms with E-state index in [4.69, 9.17) is 4.42 Å². The monoisotopic (exact) mass is 293 g/mol. The second-order valence-electron chi connectivity index (χ2n) is 5.76. The van der Waals surface area contributed by atoms with E-state index in [1.54, 1.807) is 6.26 Å². The summed E-state index contributed by atoms with van der Waals surface area (Å²) in [6.45, 7) is 4.31. The molecule has 1 heterocycles. The molecule has 2 aromatic carbocycles. The second kappa shape index (κ2) is 6.06. The van der Waals surface area contributed by atoms with Crippen molar-refractivity contribution >= 4 is 22.6 Å². The first-order valence-electron chi connectivity index (χ1n) is 7.48. The smallest absolute Gasteiger partial charge is 0.228 e. The predicted octanol–water partition coefficient (Wildman–Crippen LogP) is 4.74. The highest BCUT2D eigenvalue weighted by atomic mass is 16.3. The summed E-state index contributed by atoms with van der Waals surface area (Å²) in [5.41, 5.74) is 3.81. The van der Waals surface area contributed by atoms with Gasteiger partial charge < -0.3 is 9.73 Å². The van der Waals surface area contributed by atoms with Crippen molar-refractivity contribution in [3.05, 3.63) is 65.9 Å². The Morgan fingerprint density at radius 2 is 1.91 bits per heavy atom. The van der Waals surface area contributed by atoms with E-state index >= 15 is 0 Å². The van der Waals surface area contributed by atoms with Gasteiger partial charge in [-0.05, 0) is 35.7 Å².